The number of amides is 2. The summed E-state index contributed by atoms with van der Waals surface area (Å²) in [4.78, 5) is 49.5. The van der Waals surface area contributed by atoms with E-state index in [2.05, 4.69) is 15.5 Å². The van der Waals surface area contributed by atoms with Gasteiger partial charge in [0.15, 0.2) is 5.11 Å². The third kappa shape index (κ3) is 6.05. The monoisotopic (exact) mass is 472 g/mol. The van der Waals surface area contributed by atoms with Crippen LogP contribution in [0.5, 0.6) is 0 Å². The summed E-state index contributed by atoms with van der Waals surface area (Å²) in [5.41, 5.74) is -0.580. The number of rotatable bonds is 5. The van der Waals surface area contributed by atoms with Crippen LogP contribution in [0.3, 0.4) is 0 Å². The number of hydrogen-bond donors (Lipinski definition) is 2. The van der Waals surface area contributed by atoms with Gasteiger partial charge in [-0.3, -0.25) is 35.1 Å². The molecule has 12 nitrogen and oxygen atoms in total. The zero-order valence-electron chi connectivity index (χ0n) is 17.5. The molecule has 3 rings (SSSR count). The van der Waals surface area contributed by atoms with Gasteiger partial charge in [-0.1, -0.05) is 6.07 Å². The molecule has 0 unspecified atom stereocenters. The maximum atomic E-state index is 12.7. The lowest BCUT2D eigenvalue weighted by Gasteiger charge is -2.32. The number of nitro groups is 2. The zero-order chi connectivity index (χ0) is 24.1. The Kier molecular flexibility index (Phi) is 7.25. The molecule has 0 atom stereocenters. The third-order valence-corrected chi connectivity index (χ3v) is 5.18. The summed E-state index contributed by atoms with van der Waals surface area (Å²) in [5, 5.41) is 27.0. The number of thiocarbonyl (C=S) groups is 1. The highest BCUT2D eigenvalue weighted by atomic mass is 32.1. The number of anilines is 1. The Hall–Kier alpha value is -3.97. The summed E-state index contributed by atoms with van der Waals surface area (Å²) in [6.07, 6.45) is 0. The Morgan fingerprint density at radius 2 is 1.55 bits per heavy atom. The van der Waals surface area contributed by atoms with E-state index in [0.29, 0.717) is 24.3 Å². The van der Waals surface area contributed by atoms with Crippen molar-refractivity contribution >= 4 is 46.2 Å². The van der Waals surface area contributed by atoms with Gasteiger partial charge in [0.1, 0.15) is 0 Å². The number of hydrogen-bond acceptors (Lipinski definition) is 8. The quantitative estimate of drug-likeness (QED) is 0.378. The number of carbonyl (C=O) groups is 2. The van der Waals surface area contributed by atoms with Gasteiger partial charge in [-0.05, 0) is 37.5 Å². The summed E-state index contributed by atoms with van der Waals surface area (Å²) < 4.78 is 0. The van der Waals surface area contributed by atoms with Gasteiger partial charge < -0.3 is 15.1 Å². The van der Waals surface area contributed by atoms with Gasteiger partial charge in [0.2, 0.25) is 0 Å². The van der Waals surface area contributed by atoms with Crippen molar-refractivity contribution in [1.82, 2.24) is 15.1 Å². The first-order valence-electron chi connectivity index (χ1n) is 9.78. The van der Waals surface area contributed by atoms with E-state index in [4.69, 9.17) is 12.2 Å². The molecule has 2 aromatic carbocycles. The molecule has 33 heavy (non-hydrogen) atoms. The fourth-order valence-corrected chi connectivity index (χ4v) is 3.41. The van der Waals surface area contributed by atoms with E-state index in [1.165, 1.54) is 0 Å². The maximum absolute atomic E-state index is 12.7. The van der Waals surface area contributed by atoms with Crippen LogP contribution >= 0.6 is 12.2 Å². The van der Waals surface area contributed by atoms with Crippen molar-refractivity contribution in [2.75, 3.05) is 38.5 Å². The number of nitro benzene ring substituents is 2. The molecule has 0 spiro atoms. The Morgan fingerprint density at radius 3 is 2.12 bits per heavy atom. The predicted molar refractivity (Wildman–Crippen MR) is 123 cm³/mol. The molecule has 2 aromatic rings. The Balaban J connectivity index is 1.68. The van der Waals surface area contributed by atoms with Gasteiger partial charge in [-0.2, -0.15) is 0 Å². The molecule has 0 radical (unpaired) electrons. The molecule has 13 heteroatoms. The molecule has 1 heterocycles. The number of likely N-dealkylation sites (N-methyl/N-ethyl adjacent to an activating group) is 1. The first-order chi connectivity index (χ1) is 15.6. The Morgan fingerprint density at radius 1 is 0.939 bits per heavy atom. The minimum absolute atomic E-state index is 0.120. The van der Waals surface area contributed by atoms with Gasteiger partial charge in [0.25, 0.3) is 23.2 Å². The number of nitrogens with zero attached hydrogens (tertiary/aromatic N) is 4. The second-order valence-electron chi connectivity index (χ2n) is 7.34. The Labute approximate surface area is 193 Å². The normalized spacial score (nSPS) is 13.8. The average Bonchev–Trinajstić information content (AvgIpc) is 2.78. The van der Waals surface area contributed by atoms with E-state index in [0.717, 1.165) is 31.3 Å². The SMILES string of the molecule is CN1CCN(C(=O)c2cccc(NC(=S)NC(=O)c3cc([N+](=O)[O-])cc([N+](=O)[O-])c3)c2)CC1. The van der Waals surface area contributed by atoms with E-state index >= 15 is 0 Å². The molecule has 0 saturated carbocycles. The highest BCUT2D eigenvalue weighted by Crippen LogP contribution is 2.22. The predicted octanol–water partition coefficient (Wildman–Crippen LogP) is 2.02. The van der Waals surface area contributed by atoms with Crippen molar-refractivity contribution in [1.29, 1.82) is 0 Å². The summed E-state index contributed by atoms with van der Waals surface area (Å²) >= 11 is 5.12. The average molecular weight is 472 g/mol. The van der Waals surface area contributed by atoms with Crippen LogP contribution in [0.4, 0.5) is 17.1 Å². The largest absolute Gasteiger partial charge is 0.336 e. The molecule has 1 saturated heterocycles. The first kappa shape index (κ1) is 23.7. The number of carbonyl (C=O) groups excluding carboxylic acids is 2. The standard InChI is InChI=1S/C20H20N6O6S/c1-23-5-7-24(8-6-23)19(28)13-3-2-4-15(9-13)21-20(33)22-18(27)14-10-16(25(29)30)12-17(11-14)26(31)32/h2-4,9-12H,5-8H2,1H3,(H2,21,22,27,33). The number of non-ortho nitro benzene ring substituents is 2. The summed E-state index contributed by atoms with van der Waals surface area (Å²) in [7, 11) is 1.99. The number of benzene rings is 2. The van der Waals surface area contributed by atoms with Crippen molar-refractivity contribution in [3.8, 4) is 0 Å². The van der Waals surface area contributed by atoms with Crippen LogP contribution in [0.15, 0.2) is 42.5 Å². The van der Waals surface area contributed by atoms with Crippen molar-refractivity contribution in [2.24, 2.45) is 0 Å². The van der Waals surface area contributed by atoms with Crippen molar-refractivity contribution in [3.63, 3.8) is 0 Å². The third-order valence-electron chi connectivity index (χ3n) is 4.97. The molecular weight excluding hydrogens is 452 g/mol. The highest BCUT2D eigenvalue weighted by molar-refractivity contribution is 7.80. The van der Waals surface area contributed by atoms with Crippen molar-refractivity contribution in [2.45, 2.75) is 0 Å². The topological polar surface area (TPSA) is 151 Å². The molecule has 1 aliphatic heterocycles. The summed E-state index contributed by atoms with van der Waals surface area (Å²) in [5.74, 6) is -0.977. The smallest absolute Gasteiger partial charge is 0.277 e. The van der Waals surface area contributed by atoms with Crippen LogP contribution in [-0.4, -0.2) is 69.8 Å². The lowest BCUT2D eigenvalue weighted by molar-refractivity contribution is -0.394. The van der Waals surface area contributed by atoms with E-state index in [-0.39, 0.29) is 16.6 Å². The van der Waals surface area contributed by atoms with Crippen LogP contribution in [-0.2, 0) is 0 Å². The van der Waals surface area contributed by atoms with Crippen molar-refractivity contribution < 1.29 is 19.4 Å². The van der Waals surface area contributed by atoms with E-state index in [1.807, 2.05) is 7.05 Å². The number of piperazine rings is 1. The Bertz CT molecular complexity index is 1100. The minimum atomic E-state index is -0.857. The number of nitrogens with one attached hydrogen (secondary N) is 2. The zero-order valence-corrected chi connectivity index (χ0v) is 18.3. The molecule has 0 aliphatic carbocycles. The fourth-order valence-electron chi connectivity index (χ4n) is 3.20. The van der Waals surface area contributed by atoms with Gasteiger partial charge in [0, 0.05) is 49.6 Å². The summed E-state index contributed by atoms with van der Waals surface area (Å²) in [6.45, 7) is 2.82. The lowest BCUT2D eigenvalue weighted by atomic mass is 10.1. The minimum Gasteiger partial charge on any atom is -0.336 e. The maximum Gasteiger partial charge on any atom is 0.277 e. The molecule has 1 fully saturated rings. The first-order valence-corrected chi connectivity index (χ1v) is 10.2. The fraction of sp³-hybridized carbons (Fsp3) is 0.250. The molecule has 0 aromatic heterocycles. The van der Waals surface area contributed by atoms with Crippen LogP contribution < -0.4 is 10.6 Å². The molecule has 172 valence electrons. The van der Waals surface area contributed by atoms with E-state index in [9.17, 15) is 29.8 Å². The van der Waals surface area contributed by atoms with Gasteiger partial charge in [-0.15, -0.1) is 0 Å². The van der Waals surface area contributed by atoms with Crippen LogP contribution in [0.2, 0.25) is 0 Å². The highest BCUT2D eigenvalue weighted by Gasteiger charge is 2.22. The van der Waals surface area contributed by atoms with Gasteiger partial charge >= 0.3 is 0 Å². The van der Waals surface area contributed by atoms with Gasteiger partial charge in [0.05, 0.1) is 21.5 Å². The van der Waals surface area contributed by atoms with Crippen LogP contribution in [0.1, 0.15) is 20.7 Å². The second kappa shape index (κ2) is 10.1. The molecule has 2 amide bonds. The summed E-state index contributed by atoms with van der Waals surface area (Å²) in [6, 6.07) is 9.18. The molecule has 1 aliphatic rings. The second-order valence-corrected chi connectivity index (χ2v) is 7.75. The van der Waals surface area contributed by atoms with Crippen LogP contribution in [0.25, 0.3) is 0 Å². The van der Waals surface area contributed by atoms with E-state index < -0.39 is 27.1 Å². The van der Waals surface area contributed by atoms with Gasteiger partial charge in [-0.25, -0.2) is 0 Å². The molecule has 0 bridgehead atoms. The van der Waals surface area contributed by atoms with Crippen LogP contribution in [0, 0.1) is 20.2 Å². The van der Waals surface area contributed by atoms with Crippen molar-refractivity contribution in [3.05, 3.63) is 73.8 Å². The molecule has 2 N–H and O–H groups in total. The molecular formula is C20H20N6O6S. The van der Waals surface area contributed by atoms with E-state index in [1.54, 1.807) is 29.2 Å². The lowest BCUT2D eigenvalue weighted by Crippen LogP contribution is -2.47.